The third kappa shape index (κ3) is 3.44. The van der Waals surface area contributed by atoms with E-state index in [9.17, 15) is 0 Å². The number of hydrogen-bond donors (Lipinski definition) is 1. The molecule has 1 aromatic carbocycles. The summed E-state index contributed by atoms with van der Waals surface area (Å²) in [5, 5.41) is 5.75. The van der Waals surface area contributed by atoms with Crippen molar-refractivity contribution in [1.82, 2.24) is 10.3 Å². The van der Waals surface area contributed by atoms with Gasteiger partial charge in [-0.3, -0.25) is 0 Å². The number of benzene rings is 1. The van der Waals surface area contributed by atoms with Crippen molar-refractivity contribution in [2.75, 3.05) is 6.61 Å². The van der Waals surface area contributed by atoms with E-state index in [1.54, 1.807) is 0 Å². The van der Waals surface area contributed by atoms with Crippen LogP contribution < -0.4 is 10.1 Å². The summed E-state index contributed by atoms with van der Waals surface area (Å²) >= 11 is 0. The third-order valence-electron chi connectivity index (χ3n) is 2.98. The standard InChI is InChI=1S/C16H22N2O/c1-4-9-19-16-15-8-6-5-7-14(15)13(11-18-16)10-17-12(2)3/h5-8,11-12,17H,4,9-10H2,1-3H3. The van der Waals surface area contributed by atoms with Crippen molar-refractivity contribution in [3.8, 4) is 5.88 Å². The fourth-order valence-corrected chi connectivity index (χ4v) is 1.99. The molecule has 0 aliphatic carbocycles. The highest BCUT2D eigenvalue weighted by atomic mass is 16.5. The summed E-state index contributed by atoms with van der Waals surface area (Å²) in [4.78, 5) is 4.46. The van der Waals surface area contributed by atoms with Gasteiger partial charge < -0.3 is 10.1 Å². The monoisotopic (exact) mass is 258 g/mol. The average Bonchev–Trinajstić information content (AvgIpc) is 2.43. The summed E-state index contributed by atoms with van der Waals surface area (Å²) in [6.45, 7) is 7.94. The van der Waals surface area contributed by atoms with Gasteiger partial charge in [0.25, 0.3) is 0 Å². The number of nitrogens with zero attached hydrogens (tertiary/aromatic N) is 1. The summed E-state index contributed by atoms with van der Waals surface area (Å²) in [6.07, 6.45) is 2.91. The highest BCUT2D eigenvalue weighted by Crippen LogP contribution is 2.26. The molecule has 3 heteroatoms. The number of aromatic nitrogens is 1. The maximum Gasteiger partial charge on any atom is 0.221 e. The van der Waals surface area contributed by atoms with Crippen LogP contribution in [0.4, 0.5) is 0 Å². The van der Waals surface area contributed by atoms with E-state index in [1.807, 2.05) is 12.3 Å². The largest absolute Gasteiger partial charge is 0.477 e. The molecule has 1 heterocycles. The molecule has 2 aromatic rings. The van der Waals surface area contributed by atoms with E-state index < -0.39 is 0 Å². The first-order chi connectivity index (χ1) is 9.22. The quantitative estimate of drug-likeness (QED) is 0.860. The lowest BCUT2D eigenvalue weighted by Crippen LogP contribution is -2.22. The molecule has 0 radical (unpaired) electrons. The van der Waals surface area contributed by atoms with Gasteiger partial charge >= 0.3 is 0 Å². The van der Waals surface area contributed by atoms with Gasteiger partial charge in [-0.1, -0.05) is 39.0 Å². The van der Waals surface area contributed by atoms with Crippen molar-refractivity contribution in [1.29, 1.82) is 0 Å². The third-order valence-corrected chi connectivity index (χ3v) is 2.98. The lowest BCUT2D eigenvalue weighted by atomic mass is 10.1. The second-order valence-corrected chi connectivity index (χ2v) is 5.02. The van der Waals surface area contributed by atoms with Crippen molar-refractivity contribution < 1.29 is 4.74 Å². The van der Waals surface area contributed by atoms with Crippen molar-refractivity contribution in [2.45, 2.75) is 39.8 Å². The molecule has 0 fully saturated rings. The van der Waals surface area contributed by atoms with Gasteiger partial charge in [0.1, 0.15) is 0 Å². The first-order valence-corrected chi connectivity index (χ1v) is 6.95. The van der Waals surface area contributed by atoms with Gasteiger partial charge in [0.15, 0.2) is 0 Å². The van der Waals surface area contributed by atoms with Crippen LogP contribution in [0, 0.1) is 0 Å². The molecule has 0 amide bonds. The molecule has 2 rings (SSSR count). The van der Waals surface area contributed by atoms with Crippen LogP contribution >= 0.6 is 0 Å². The molecular weight excluding hydrogens is 236 g/mol. The van der Waals surface area contributed by atoms with Gasteiger partial charge in [-0.25, -0.2) is 4.98 Å². The molecule has 19 heavy (non-hydrogen) atoms. The van der Waals surface area contributed by atoms with Crippen LogP contribution in [0.2, 0.25) is 0 Å². The second-order valence-electron chi connectivity index (χ2n) is 5.02. The summed E-state index contributed by atoms with van der Waals surface area (Å²) in [7, 11) is 0. The molecular formula is C16H22N2O. The Kier molecular flexibility index (Phi) is 4.74. The number of ether oxygens (including phenoxy) is 1. The maximum absolute atomic E-state index is 5.72. The average molecular weight is 258 g/mol. The zero-order chi connectivity index (χ0) is 13.7. The molecule has 3 nitrogen and oxygen atoms in total. The van der Waals surface area contributed by atoms with E-state index in [-0.39, 0.29) is 0 Å². The minimum absolute atomic E-state index is 0.467. The molecule has 0 saturated carbocycles. The molecule has 0 unspecified atom stereocenters. The maximum atomic E-state index is 5.72. The number of fused-ring (bicyclic) bond motifs is 1. The first kappa shape index (κ1) is 13.8. The Balaban J connectivity index is 2.34. The Morgan fingerprint density at radius 1 is 1.21 bits per heavy atom. The number of nitrogens with one attached hydrogen (secondary N) is 1. The van der Waals surface area contributed by atoms with Gasteiger partial charge in [0.05, 0.1) is 6.61 Å². The minimum atomic E-state index is 0.467. The topological polar surface area (TPSA) is 34.1 Å². The summed E-state index contributed by atoms with van der Waals surface area (Å²) in [5.41, 5.74) is 1.22. The number of hydrogen-bond acceptors (Lipinski definition) is 3. The highest BCUT2D eigenvalue weighted by Gasteiger charge is 2.08. The Bertz CT molecular complexity index is 537. The van der Waals surface area contributed by atoms with Gasteiger partial charge in [0, 0.05) is 24.2 Å². The Morgan fingerprint density at radius 2 is 1.95 bits per heavy atom. The summed E-state index contributed by atoms with van der Waals surface area (Å²) in [6, 6.07) is 8.77. The van der Waals surface area contributed by atoms with Crippen molar-refractivity contribution in [2.24, 2.45) is 0 Å². The van der Waals surface area contributed by atoms with Crippen LogP contribution in [0.3, 0.4) is 0 Å². The summed E-state index contributed by atoms with van der Waals surface area (Å²) in [5.74, 6) is 0.741. The van der Waals surface area contributed by atoms with E-state index in [1.165, 1.54) is 10.9 Å². The van der Waals surface area contributed by atoms with Crippen molar-refractivity contribution in [3.05, 3.63) is 36.0 Å². The molecule has 0 atom stereocenters. The Morgan fingerprint density at radius 3 is 2.63 bits per heavy atom. The second kappa shape index (κ2) is 6.53. The van der Waals surface area contributed by atoms with Crippen LogP contribution in [-0.2, 0) is 6.54 Å². The Hall–Kier alpha value is -1.61. The molecule has 1 N–H and O–H groups in total. The van der Waals surface area contributed by atoms with E-state index >= 15 is 0 Å². The first-order valence-electron chi connectivity index (χ1n) is 6.95. The molecule has 0 bridgehead atoms. The van der Waals surface area contributed by atoms with E-state index in [0.717, 1.165) is 24.2 Å². The lowest BCUT2D eigenvalue weighted by molar-refractivity contribution is 0.309. The van der Waals surface area contributed by atoms with Crippen LogP contribution in [-0.4, -0.2) is 17.6 Å². The normalized spacial score (nSPS) is 11.2. The molecule has 0 spiro atoms. The molecule has 0 aliphatic rings. The molecule has 0 aliphatic heterocycles. The van der Waals surface area contributed by atoms with Gasteiger partial charge in [0.2, 0.25) is 5.88 Å². The van der Waals surface area contributed by atoms with Crippen molar-refractivity contribution in [3.63, 3.8) is 0 Å². The van der Waals surface area contributed by atoms with E-state index in [0.29, 0.717) is 12.6 Å². The predicted octanol–water partition coefficient (Wildman–Crippen LogP) is 3.52. The smallest absolute Gasteiger partial charge is 0.221 e. The molecule has 1 aromatic heterocycles. The fraction of sp³-hybridized carbons (Fsp3) is 0.438. The number of rotatable bonds is 6. The fourth-order valence-electron chi connectivity index (χ4n) is 1.99. The van der Waals surface area contributed by atoms with Gasteiger partial charge in [-0.2, -0.15) is 0 Å². The van der Waals surface area contributed by atoms with Crippen LogP contribution in [0.5, 0.6) is 5.88 Å². The zero-order valence-corrected chi connectivity index (χ0v) is 11.9. The summed E-state index contributed by atoms with van der Waals surface area (Å²) < 4.78 is 5.72. The lowest BCUT2D eigenvalue weighted by Gasteiger charge is -2.13. The molecule has 102 valence electrons. The van der Waals surface area contributed by atoms with Gasteiger partial charge in [-0.05, 0) is 23.4 Å². The number of pyridine rings is 1. The molecule has 0 saturated heterocycles. The van der Waals surface area contributed by atoms with Crippen LogP contribution in [0.1, 0.15) is 32.8 Å². The van der Waals surface area contributed by atoms with E-state index in [4.69, 9.17) is 4.74 Å². The van der Waals surface area contributed by atoms with Crippen molar-refractivity contribution >= 4 is 10.8 Å². The zero-order valence-electron chi connectivity index (χ0n) is 11.9. The van der Waals surface area contributed by atoms with E-state index in [2.05, 4.69) is 49.3 Å². The highest BCUT2D eigenvalue weighted by molar-refractivity contribution is 5.89. The van der Waals surface area contributed by atoms with Gasteiger partial charge in [-0.15, -0.1) is 0 Å². The SMILES string of the molecule is CCCOc1ncc(CNC(C)C)c2ccccc12. The minimum Gasteiger partial charge on any atom is -0.477 e. The van der Waals surface area contributed by atoms with Crippen LogP contribution in [0.15, 0.2) is 30.5 Å². The predicted molar refractivity (Wildman–Crippen MR) is 79.5 cm³/mol. The van der Waals surface area contributed by atoms with Crippen LogP contribution in [0.25, 0.3) is 10.8 Å². The Labute approximate surface area is 115 Å².